The Hall–Kier alpha value is -2.52. The predicted molar refractivity (Wildman–Crippen MR) is 140 cm³/mol. The Balaban J connectivity index is 1.35. The molecular weight excluding hydrogens is 491 g/mol. The zero-order valence-electron chi connectivity index (χ0n) is 18.8. The Morgan fingerprint density at radius 1 is 1.21 bits per heavy atom. The van der Waals surface area contributed by atoms with Crippen molar-refractivity contribution in [2.24, 2.45) is 0 Å². The molecule has 2 aliphatic rings. The number of hydrogen-bond acceptors (Lipinski definition) is 7. The molecule has 1 saturated heterocycles. The number of amides is 1. The van der Waals surface area contributed by atoms with Crippen LogP contribution in [0.1, 0.15) is 22.8 Å². The van der Waals surface area contributed by atoms with E-state index in [-0.39, 0.29) is 5.91 Å². The van der Waals surface area contributed by atoms with Crippen molar-refractivity contribution in [1.29, 1.82) is 0 Å². The Labute approximate surface area is 212 Å². The van der Waals surface area contributed by atoms with Crippen LogP contribution in [0.4, 0.5) is 23.0 Å². The average molecular weight is 515 g/mol. The van der Waals surface area contributed by atoms with E-state index in [0.29, 0.717) is 44.2 Å². The molecule has 7 nitrogen and oxygen atoms in total. The van der Waals surface area contributed by atoms with Crippen LogP contribution < -0.4 is 20.4 Å². The van der Waals surface area contributed by atoms with Crippen LogP contribution >= 0.6 is 35.0 Å². The first-order valence-electron chi connectivity index (χ1n) is 11.0. The second-order valence-electron chi connectivity index (χ2n) is 8.36. The summed E-state index contributed by atoms with van der Waals surface area (Å²) in [5.41, 5.74) is 4.27. The molecule has 1 aromatic heterocycles. The van der Waals surface area contributed by atoms with E-state index in [2.05, 4.69) is 51.5 Å². The summed E-state index contributed by atoms with van der Waals surface area (Å²) < 4.78 is 0. The van der Waals surface area contributed by atoms with E-state index in [0.717, 1.165) is 25.3 Å². The van der Waals surface area contributed by atoms with E-state index in [1.54, 1.807) is 29.3 Å². The SMILES string of the molecule is Cc1cc(Nc2ncc3c(n2)SCN(c2c(Cl)cccc2Cl)C3=O)ccc1N1CCNC[C@H]1C. The lowest BCUT2D eigenvalue weighted by Crippen LogP contribution is -2.50. The zero-order valence-corrected chi connectivity index (χ0v) is 21.1. The van der Waals surface area contributed by atoms with Gasteiger partial charge in [-0.1, -0.05) is 41.0 Å². The van der Waals surface area contributed by atoms with Crippen LogP contribution in [0.25, 0.3) is 0 Å². The smallest absolute Gasteiger partial charge is 0.263 e. The molecule has 34 heavy (non-hydrogen) atoms. The summed E-state index contributed by atoms with van der Waals surface area (Å²) in [5, 5.41) is 8.20. The molecule has 0 bridgehead atoms. The van der Waals surface area contributed by atoms with Crippen LogP contribution in [0, 0.1) is 6.92 Å². The highest BCUT2D eigenvalue weighted by Crippen LogP contribution is 2.39. The molecule has 176 valence electrons. The van der Waals surface area contributed by atoms with Gasteiger partial charge in [0.05, 0.1) is 27.2 Å². The van der Waals surface area contributed by atoms with Crippen molar-refractivity contribution < 1.29 is 4.79 Å². The van der Waals surface area contributed by atoms with E-state index in [9.17, 15) is 4.79 Å². The molecule has 0 unspecified atom stereocenters. The summed E-state index contributed by atoms with van der Waals surface area (Å²) in [7, 11) is 0. The second-order valence-corrected chi connectivity index (χ2v) is 10.1. The number of nitrogens with zero attached hydrogens (tertiary/aromatic N) is 4. The van der Waals surface area contributed by atoms with Gasteiger partial charge in [0.1, 0.15) is 5.03 Å². The largest absolute Gasteiger partial charge is 0.366 e. The molecule has 0 saturated carbocycles. The number of anilines is 4. The molecule has 2 aliphatic heterocycles. The van der Waals surface area contributed by atoms with Gasteiger partial charge in [-0.2, -0.15) is 0 Å². The van der Waals surface area contributed by atoms with Crippen molar-refractivity contribution in [3.8, 4) is 0 Å². The lowest BCUT2D eigenvalue weighted by atomic mass is 10.1. The Morgan fingerprint density at radius 2 is 2.00 bits per heavy atom. The molecule has 3 heterocycles. The highest BCUT2D eigenvalue weighted by atomic mass is 35.5. The maximum Gasteiger partial charge on any atom is 0.263 e. The number of fused-ring (bicyclic) bond motifs is 1. The summed E-state index contributed by atoms with van der Waals surface area (Å²) in [6, 6.07) is 11.9. The van der Waals surface area contributed by atoms with E-state index < -0.39 is 0 Å². The molecule has 3 aromatic rings. The molecule has 0 radical (unpaired) electrons. The van der Waals surface area contributed by atoms with Gasteiger partial charge < -0.3 is 15.5 Å². The lowest BCUT2D eigenvalue weighted by Gasteiger charge is -2.37. The molecule has 2 aromatic carbocycles. The number of hydrogen-bond donors (Lipinski definition) is 2. The van der Waals surface area contributed by atoms with Crippen LogP contribution in [0.5, 0.6) is 0 Å². The molecule has 1 atom stereocenters. The number of carbonyl (C=O) groups is 1. The van der Waals surface area contributed by atoms with E-state index in [1.807, 2.05) is 6.07 Å². The number of aromatic nitrogens is 2. The summed E-state index contributed by atoms with van der Waals surface area (Å²) in [6.45, 7) is 7.32. The normalized spacial score (nSPS) is 18.1. The van der Waals surface area contributed by atoms with Gasteiger partial charge in [0.15, 0.2) is 0 Å². The van der Waals surface area contributed by atoms with Gasteiger partial charge in [-0.25, -0.2) is 9.97 Å². The second kappa shape index (κ2) is 9.62. The first kappa shape index (κ1) is 23.2. The molecule has 1 fully saturated rings. The standard InChI is InChI=1S/C24H24Cl2N6OS/c1-14-10-16(6-7-20(14)31-9-8-27-11-15(31)2)29-24-28-12-17-22(30-24)34-13-32(23(17)33)21-18(25)4-3-5-19(21)26/h3-7,10,12,15,27H,8-9,11,13H2,1-2H3,(H,28,29,30)/t15-/m1/s1. The maximum absolute atomic E-state index is 13.1. The highest BCUT2D eigenvalue weighted by molar-refractivity contribution is 7.99. The number of piperazine rings is 1. The third kappa shape index (κ3) is 4.43. The first-order chi connectivity index (χ1) is 16.4. The third-order valence-corrected chi connectivity index (χ3v) is 7.61. The summed E-state index contributed by atoms with van der Waals surface area (Å²) in [6.07, 6.45) is 1.56. The van der Waals surface area contributed by atoms with Gasteiger partial charge in [0.2, 0.25) is 5.95 Å². The zero-order chi connectivity index (χ0) is 23.8. The average Bonchev–Trinajstić information content (AvgIpc) is 2.81. The fourth-order valence-electron chi connectivity index (χ4n) is 4.31. The molecule has 0 spiro atoms. The molecule has 10 heteroatoms. The van der Waals surface area contributed by atoms with Crippen molar-refractivity contribution >= 4 is 63.9 Å². The van der Waals surface area contributed by atoms with E-state index in [1.165, 1.54) is 23.0 Å². The number of rotatable bonds is 4. The number of carbonyl (C=O) groups excluding carboxylic acids is 1. The number of nitrogens with one attached hydrogen (secondary N) is 2. The van der Waals surface area contributed by atoms with Gasteiger partial charge >= 0.3 is 0 Å². The Morgan fingerprint density at radius 3 is 2.74 bits per heavy atom. The number of aryl methyl sites for hydroxylation is 1. The molecule has 5 rings (SSSR count). The monoisotopic (exact) mass is 514 g/mol. The minimum atomic E-state index is -0.222. The fraction of sp³-hybridized carbons (Fsp3) is 0.292. The van der Waals surface area contributed by atoms with Crippen molar-refractivity contribution in [3.05, 3.63) is 63.8 Å². The van der Waals surface area contributed by atoms with E-state index in [4.69, 9.17) is 23.2 Å². The summed E-state index contributed by atoms with van der Waals surface area (Å²) in [4.78, 5) is 26.1. The topological polar surface area (TPSA) is 73.4 Å². The minimum Gasteiger partial charge on any atom is -0.366 e. The first-order valence-corrected chi connectivity index (χ1v) is 12.8. The molecule has 1 amide bonds. The maximum atomic E-state index is 13.1. The van der Waals surface area contributed by atoms with Crippen molar-refractivity contribution in [2.45, 2.75) is 24.9 Å². The highest BCUT2D eigenvalue weighted by Gasteiger charge is 2.30. The Bertz CT molecular complexity index is 1240. The van der Waals surface area contributed by atoms with Crippen molar-refractivity contribution in [2.75, 3.05) is 40.6 Å². The van der Waals surface area contributed by atoms with E-state index >= 15 is 0 Å². The van der Waals surface area contributed by atoms with Gasteiger partial charge in [0.25, 0.3) is 5.91 Å². The van der Waals surface area contributed by atoms with Crippen LogP contribution in [0.2, 0.25) is 10.0 Å². The van der Waals surface area contributed by atoms with Crippen LogP contribution in [0.15, 0.2) is 47.6 Å². The number of thioether (sulfide) groups is 1. The van der Waals surface area contributed by atoms with Crippen LogP contribution in [-0.2, 0) is 0 Å². The number of halogens is 2. The van der Waals surface area contributed by atoms with Crippen molar-refractivity contribution in [3.63, 3.8) is 0 Å². The van der Waals surface area contributed by atoms with Crippen LogP contribution in [0.3, 0.4) is 0 Å². The fourth-order valence-corrected chi connectivity index (χ4v) is 5.86. The molecular formula is C24H24Cl2N6OS. The minimum absolute atomic E-state index is 0.222. The lowest BCUT2D eigenvalue weighted by molar-refractivity contribution is 0.0985. The Kier molecular flexibility index (Phi) is 6.57. The number of benzene rings is 2. The third-order valence-electron chi connectivity index (χ3n) is 6.03. The quantitative estimate of drug-likeness (QED) is 0.455. The number of para-hydroxylation sites is 1. The van der Waals surface area contributed by atoms with Gasteiger partial charge in [0, 0.05) is 43.2 Å². The van der Waals surface area contributed by atoms with Gasteiger partial charge in [-0.05, 0) is 49.7 Å². The molecule has 2 N–H and O–H groups in total. The summed E-state index contributed by atoms with van der Waals surface area (Å²) in [5.74, 6) is 0.592. The van der Waals surface area contributed by atoms with Crippen LogP contribution in [-0.4, -0.2) is 47.4 Å². The van der Waals surface area contributed by atoms with Crippen molar-refractivity contribution in [1.82, 2.24) is 15.3 Å². The predicted octanol–water partition coefficient (Wildman–Crippen LogP) is 5.34. The molecule has 0 aliphatic carbocycles. The summed E-state index contributed by atoms with van der Waals surface area (Å²) >= 11 is 14.1. The van der Waals surface area contributed by atoms with Gasteiger partial charge in [-0.3, -0.25) is 9.69 Å². The van der Waals surface area contributed by atoms with Gasteiger partial charge in [-0.15, -0.1) is 0 Å².